The molecule has 2 rings (SSSR count). The van der Waals surface area contributed by atoms with Gasteiger partial charge in [0.2, 0.25) is 5.89 Å². The van der Waals surface area contributed by atoms with E-state index in [4.69, 9.17) is 9.68 Å². The van der Waals surface area contributed by atoms with Crippen molar-refractivity contribution >= 4 is 0 Å². The Hall–Kier alpha value is -1.34. The molecule has 0 N–H and O–H groups in total. The van der Waals surface area contributed by atoms with Gasteiger partial charge in [0, 0.05) is 13.1 Å². The summed E-state index contributed by atoms with van der Waals surface area (Å²) in [5, 5.41) is 9.07. The Morgan fingerprint density at radius 3 is 2.53 bits per heavy atom. The smallest absolute Gasteiger partial charge is 0.208 e. The summed E-state index contributed by atoms with van der Waals surface area (Å²) >= 11 is 0. The number of nitrogens with zero attached hydrogens (tertiary/aromatic N) is 3. The van der Waals surface area contributed by atoms with Gasteiger partial charge in [-0.3, -0.25) is 4.90 Å². The molecule has 4 nitrogen and oxygen atoms in total. The van der Waals surface area contributed by atoms with Crippen molar-refractivity contribution in [2.45, 2.75) is 40.2 Å². The van der Waals surface area contributed by atoms with Crippen molar-refractivity contribution in [1.82, 2.24) is 9.88 Å². The first-order valence-corrected chi connectivity index (χ1v) is 6.09. The Labute approximate surface area is 102 Å². The second-order valence-corrected chi connectivity index (χ2v) is 5.20. The molecule has 2 heterocycles. The van der Waals surface area contributed by atoms with E-state index in [1.54, 1.807) is 0 Å². The van der Waals surface area contributed by atoms with E-state index in [0.717, 1.165) is 49.8 Å². The second-order valence-electron chi connectivity index (χ2n) is 5.20. The number of hydrogen-bond acceptors (Lipinski definition) is 4. The first-order chi connectivity index (χ1) is 8.02. The van der Waals surface area contributed by atoms with Crippen molar-refractivity contribution < 1.29 is 4.42 Å². The lowest BCUT2D eigenvalue weighted by Crippen LogP contribution is -2.37. The summed E-state index contributed by atoms with van der Waals surface area (Å²) in [6, 6.07) is 2.41. The molecule has 0 saturated carbocycles. The molecule has 4 heteroatoms. The first-order valence-electron chi connectivity index (χ1n) is 6.09. The number of aryl methyl sites for hydroxylation is 2. The number of oxazole rings is 1. The standard InChI is InChI=1S/C13H19N3O/c1-10-11(2)17-12(15-10)8-16-6-4-13(3,9-14)5-7-16/h4-8H2,1-3H3. The summed E-state index contributed by atoms with van der Waals surface area (Å²) in [5.41, 5.74) is 0.831. The molecule has 1 aliphatic heterocycles. The van der Waals surface area contributed by atoms with Gasteiger partial charge in [-0.25, -0.2) is 4.98 Å². The minimum atomic E-state index is -0.140. The second kappa shape index (κ2) is 4.50. The molecule has 1 aromatic heterocycles. The van der Waals surface area contributed by atoms with Gasteiger partial charge in [-0.1, -0.05) is 0 Å². The van der Waals surface area contributed by atoms with Crippen LogP contribution in [0.25, 0.3) is 0 Å². The minimum Gasteiger partial charge on any atom is -0.444 e. The van der Waals surface area contributed by atoms with Crippen LogP contribution in [-0.4, -0.2) is 23.0 Å². The molecule has 1 aliphatic rings. The molecule has 0 amide bonds. The average Bonchev–Trinajstić information content (AvgIpc) is 2.62. The molecule has 0 aromatic carbocycles. The molecule has 0 atom stereocenters. The predicted octanol–water partition coefficient (Wildman–Crippen LogP) is 2.42. The van der Waals surface area contributed by atoms with Crippen LogP contribution in [0.2, 0.25) is 0 Å². The van der Waals surface area contributed by atoms with E-state index in [-0.39, 0.29) is 5.41 Å². The minimum absolute atomic E-state index is 0.140. The van der Waals surface area contributed by atoms with Crippen molar-refractivity contribution in [3.8, 4) is 6.07 Å². The fourth-order valence-corrected chi connectivity index (χ4v) is 2.11. The molecule has 17 heavy (non-hydrogen) atoms. The predicted molar refractivity (Wildman–Crippen MR) is 64.2 cm³/mol. The monoisotopic (exact) mass is 233 g/mol. The lowest BCUT2D eigenvalue weighted by Gasteiger charge is -2.34. The third-order valence-corrected chi connectivity index (χ3v) is 3.66. The fraction of sp³-hybridized carbons (Fsp3) is 0.692. The summed E-state index contributed by atoms with van der Waals surface area (Å²) in [4.78, 5) is 6.70. The summed E-state index contributed by atoms with van der Waals surface area (Å²) in [6.07, 6.45) is 1.87. The van der Waals surface area contributed by atoms with E-state index in [0.29, 0.717) is 0 Å². The van der Waals surface area contributed by atoms with E-state index >= 15 is 0 Å². The van der Waals surface area contributed by atoms with Crippen LogP contribution in [0.3, 0.4) is 0 Å². The van der Waals surface area contributed by atoms with Crippen LogP contribution in [0.1, 0.15) is 37.1 Å². The Bertz CT molecular complexity index is 417. The average molecular weight is 233 g/mol. The molecule has 0 aliphatic carbocycles. The van der Waals surface area contributed by atoms with Gasteiger partial charge in [0.05, 0.1) is 23.7 Å². The Morgan fingerprint density at radius 2 is 2.06 bits per heavy atom. The van der Waals surface area contributed by atoms with Gasteiger partial charge in [-0.05, 0) is 33.6 Å². The molecular formula is C13H19N3O. The normalized spacial score (nSPS) is 20.1. The molecule has 0 unspecified atom stereocenters. The van der Waals surface area contributed by atoms with E-state index in [2.05, 4.69) is 16.0 Å². The SMILES string of the molecule is Cc1nc(CN2CCC(C)(C#N)CC2)oc1C. The number of nitriles is 1. The quantitative estimate of drug-likeness (QED) is 0.787. The highest BCUT2D eigenvalue weighted by Gasteiger charge is 2.30. The highest BCUT2D eigenvalue weighted by molar-refractivity contribution is 5.05. The van der Waals surface area contributed by atoms with Crippen molar-refractivity contribution in [2.75, 3.05) is 13.1 Å². The number of piperidine rings is 1. The lowest BCUT2D eigenvalue weighted by atomic mass is 9.82. The summed E-state index contributed by atoms with van der Waals surface area (Å²) < 4.78 is 5.58. The van der Waals surface area contributed by atoms with Gasteiger partial charge in [0.25, 0.3) is 0 Å². The van der Waals surface area contributed by atoms with Crippen LogP contribution < -0.4 is 0 Å². The molecule has 0 bridgehead atoms. The van der Waals surface area contributed by atoms with Gasteiger partial charge >= 0.3 is 0 Å². The van der Waals surface area contributed by atoms with Crippen molar-refractivity contribution in [3.63, 3.8) is 0 Å². The Balaban J connectivity index is 1.93. The van der Waals surface area contributed by atoms with E-state index in [1.807, 2.05) is 20.8 Å². The van der Waals surface area contributed by atoms with Crippen LogP contribution in [0.5, 0.6) is 0 Å². The maximum Gasteiger partial charge on any atom is 0.208 e. The maximum absolute atomic E-state index is 9.07. The molecule has 92 valence electrons. The van der Waals surface area contributed by atoms with Crippen molar-refractivity contribution in [2.24, 2.45) is 5.41 Å². The Kier molecular flexibility index (Phi) is 3.21. The number of likely N-dealkylation sites (tertiary alicyclic amines) is 1. The summed E-state index contributed by atoms with van der Waals surface area (Å²) in [7, 11) is 0. The van der Waals surface area contributed by atoms with E-state index in [1.165, 1.54) is 0 Å². The third kappa shape index (κ3) is 2.67. The first kappa shape index (κ1) is 12.1. The maximum atomic E-state index is 9.07. The van der Waals surface area contributed by atoms with Gasteiger partial charge in [0.15, 0.2) is 0 Å². The number of rotatable bonds is 2. The van der Waals surface area contributed by atoms with Crippen LogP contribution in [-0.2, 0) is 6.54 Å². The molecule has 1 saturated heterocycles. The molecule has 1 fully saturated rings. The largest absolute Gasteiger partial charge is 0.444 e. The van der Waals surface area contributed by atoms with E-state index in [9.17, 15) is 0 Å². The number of hydrogen-bond donors (Lipinski definition) is 0. The molecule has 1 aromatic rings. The topological polar surface area (TPSA) is 53.1 Å². The zero-order valence-electron chi connectivity index (χ0n) is 10.8. The van der Waals surface area contributed by atoms with Gasteiger partial charge in [-0.2, -0.15) is 5.26 Å². The Morgan fingerprint density at radius 1 is 1.41 bits per heavy atom. The summed E-state index contributed by atoms with van der Waals surface area (Å²) in [5.74, 6) is 1.69. The highest BCUT2D eigenvalue weighted by atomic mass is 16.4. The lowest BCUT2D eigenvalue weighted by molar-refractivity contribution is 0.139. The zero-order chi connectivity index (χ0) is 12.5. The van der Waals surface area contributed by atoms with E-state index < -0.39 is 0 Å². The third-order valence-electron chi connectivity index (χ3n) is 3.66. The highest BCUT2D eigenvalue weighted by Crippen LogP contribution is 2.30. The van der Waals surface area contributed by atoms with Crippen LogP contribution >= 0.6 is 0 Å². The van der Waals surface area contributed by atoms with Gasteiger partial charge < -0.3 is 4.42 Å². The molecule has 0 radical (unpaired) electrons. The van der Waals surface area contributed by atoms with Crippen molar-refractivity contribution in [1.29, 1.82) is 5.26 Å². The van der Waals surface area contributed by atoms with Crippen molar-refractivity contribution in [3.05, 3.63) is 17.3 Å². The fourth-order valence-electron chi connectivity index (χ4n) is 2.11. The van der Waals surface area contributed by atoms with Gasteiger partial charge in [-0.15, -0.1) is 0 Å². The van der Waals surface area contributed by atoms with Crippen LogP contribution in [0.4, 0.5) is 0 Å². The summed E-state index contributed by atoms with van der Waals surface area (Å²) in [6.45, 7) is 8.61. The number of aromatic nitrogens is 1. The van der Waals surface area contributed by atoms with Crippen LogP contribution in [0.15, 0.2) is 4.42 Å². The molecule has 0 spiro atoms. The van der Waals surface area contributed by atoms with Crippen LogP contribution in [0, 0.1) is 30.6 Å². The van der Waals surface area contributed by atoms with Gasteiger partial charge in [0.1, 0.15) is 5.76 Å². The molecular weight excluding hydrogens is 214 g/mol. The zero-order valence-corrected chi connectivity index (χ0v) is 10.8.